The number of nitrogens with two attached hydrogens (primary N) is 1. The van der Waals surface area contributed by atoms with Crippen molar-refractivity contribution in [1.29, 1.82) is 0 Å². The molecule has 118 valence electrons. The summed E-state index contributed by atoms with van der Waals surface area (Å²) in [6.07, 6.45) is -1.65. The van der Waals surface area contributed by atoms with E-state index in [9.17, 15) is 13.2 Å². The maximum Gasteiger partial charge on any atom is 0.416 e. The smallest absolute Gasteiger partial charge is 0.375 e. The minimum absolute atomic E-state index is 0.146. The molecule has 0 spiro atoms. The molecule has 0 radical (unpaired) electrons. The first-order chi connectivity index (χ1) is 10.4. The monoisotopic (exact) mass is 327 g/mol. The summed E-state index contributed by atoms with van der Waals surface area (Å²) in [4.78, 5) is 7.34. The Morgan fingerprint density at radius 3 is 2.86 bits per heavy atom. The highest BCUT2D eigenvalue weighted by Crippen LogP contribution is 2.34. The first-order valence-corrected chi connectivity index (χ1v) is 7.83. The minimum Gasteiger partial charge on any atom is -0.375 e. The molecule has 1 aromatic heterocycles. The molecule has 0 bridgehead atoms. The van der Waals surface area contributed by atoms with Crippen LogP contribution in [0.25, 0.3) is 0 Å². The van der Waals surface area contributed by atoms with Crippen LogP contribution in [0.3, 0.4) is 0 Å². The lowest BCUT2D eigenvalue weighted by Gasteiger charge is -2.16. The molecule has 3 rings (SSSR count). The average molecular weight is 327 g/mol. The van der Waals surface area contributed by atoms with Crippen LogP contribution in [0.2, 0.25) is 0 Å². The van der Waals surface area contributed by atoms with Gasteiger partial charge in [0.2, 0.25) is 0 Å². The van der Waals surface area contributed by atoms with Crippen LogP contribution in [-0.4, -0.2) is 23.0 Å². The molecule has 0 amide bonds. The van der Waals surface area contributed by atoms with E-state index in [0.717, 1.165) is 42.6 Å². The normalized spacial score (nSPS) is 19.7. The molecule has 1 aromatic carbocycles. The van der Waals surface area contributed by atoms with Gasteiger partial charge in [0.1, 0.15) is 0 Å². The Labute approximate surface area is 130 Å². The number of benzene rings is 1. The molecule has 3 nitrogen and oxygen atoms in total. The fraction of sp³-hybridized carbons (Fsp3) is 0.400. The van der Waals surface area contributed by atoms with Gasteiger partial charge in [0, 0.05) is 24.2 Å². The van der Waals surface area contributed by atoms with E-state index in [1.165, 1.54) is 23.5 Å². The van der Waals surface area contributed by atoms with Crippen LogP contribution in [0.15, 0.2) is 30.5 Å². The first-order valence-electron chi connectivity index (χ1n) is 7.01. The predicted molar refractivity (Wildman–Crippen MR) is 80.6 cm³/mol. The van der Waals surface area contributed by atoms with E-state index < -0.39 is 11.7 Å². The third-order valence-electron chi connectivity index (χ3n) is 3.91. The first kappa shape index (κ1) is 15.3. The zero-order chi connectivity index (χ0) is 15.7. The van der Waals surface area contributed by atoms with Gasteiger partial charge in [-0.15, -0.1) is 11.3 Å². The number of rotatable bonds is 3. The molecule has 1 aliphatic rings. The Bertz CT molecular complexity index is 653. The van der Waals surface area contributed by atoms with Crippen molar-refractivity contribution in [3.05, 3.63) is 46.5 Å². The van der Waals surface area contributed by atoms with E-state index in [4.69, 9.17) is 5.73 Å². The van der Waals surface area contributed by atoms with Crippen LogP contribution in [-0.2, 0) is 12.7 Å². The standard InChI is InChI=1S/C15H16F3N3S/c16-15(17,18)12-3-1-2-10(6-12)11-4-5-21(8-11)9-13-7-20-14(19)22-13/h1-3,6-7,11H,4-5,8-9H2,(H2,19,20). The van der Waals surface area contributed by atoms with Crippen LogP contribution >= 0.6 is 11.3 Å². The topological polar surface area (TPSA) is 42.1 Å². The van der Waals surface area contributed by atoms with E-state index >= 15 is 0 Å². The lowest BCUT2D eigenvalue weighted by atomic mass is 9.96. The van der Waals surface area contributed by atoms with Crippen molar-refractivity contribution in [2.75, 3.05) is 18.8 Å². The highest BCUT2D eigenvalue weighted by Gasteiger charge is 2.32. The van der Waals surface area contributed by atoms with E-state index in [-0.39, 0.29) is 5.92 Å². The molecule has 7 heteroatoms. The maximum atomic E-state index is 12.8. The van der Waals surface area contributed by atoms with E-state index in [0.29, 0.717) is 5.13 Å². The van der Waals surface area contributed by atoms with Crippen LogP contribution in [0.4, 0.5) is 18.3 Å². The highest BCUT2D eigenvalue weighted by molar-refractivity contribution is 7.15. The molecule has 1 fully saturated rings. The number of hydrogen-bond acceptors (Lipinski definition) is 4. The third-order valence-corrected chi connectivity index (χ3v) is 4.72. The zero-order valence-electron chi connectivity index (χ0n) is 11.8. The van der Waals surface area contributed by atoms with Gasteiger partial charge in [-0.25, -0.2) is 4.98 Å². The van der Waals surface area contributed by atoms with Crippen molar-refractivity contribution in [2.24, 2.45) is 0 Å². The van der Waals surface area contributed by atoms with Crippen LogP contribution in [0.1, 0.15) is 28.3 Å². The summed E-state index contributed by atoms with van der Waals surface area (Å²) >= 11 is 1.45. The van der Waals surface area contributed by atoms with Gasteiger partial charge < -0.3 is 5.73 Å². The van der Waals surface area contributed by atoms with Gasteiger partial charge in [0.05, 0.1) is 5.56 Å². The lowest BCUT2D eigenvalue weighted by Crippen LogP contribution is -2.19. The lowest BCUT2D eigenvalue weighted by molar-refractivity contribution is -0.137. The molecule has 0 saturated carbocycles. The Kier molecular flexibility index (Phi) is 4.10. The molecule has 1 unspecified atom stereocenters. The summed E-state index contributed by atoms with van der Waals surface area (Å²) in [6.45, 7) is 2.39. The van der Waals surface area contributed by atoms with Crippen LogP contribution < -0.4 is 5.73 Å². The number of anilines is 1. The van der Waals surface area contributed by atoms with Crippen molar-refractivity contribution in [2.45, 2.75) is 25.1 Å². The number of nitrogen functional groups attached to an aromatic ring is 1. The molecular formula is C15H16F3N3S. The van der Waals surface area contributed by atoms with Gasteiger partial charge in [0.15, 0.2) is 5.13 Å². The number of alkyl halides is 3. The Morgan fingerprint density at radius 1 is 1.36 bits per heavy atom. The number of aromatic nitrogens is 1. The molecular weight excluding hydrogens is 311 g/mol. The van der Waals surface area contributed by atoms with Gasteiger partial charge in [0.25, 0.3) is 0 Å². The maximum absolute atomic E-state index is 12.8. The fourth-order valence-electron chi connectivity index (χ4n) is 2.83. The Balaban J connectivity index is 1.67. The van der Waals surface area contributed by atoms with Crippen molar-refractivity contribution >= 4 is 16.5 Å². The largest absolute Gasteiger partial charge is 0.416 e. The third kappa shape index (κ3) is 3.41. The number of thiazole rings is 1. The van der Waals surface area contributed by atoms with Crippen molar-refractivity contribution in [1.82, 2.24) is 9.88 Å². The van der Waals surface area contributed by atoms with Crippen LogP contribution in [0.5, 0.6) is 0 Å². The van der Waals surface area contributed by atoms with Crippen molar-refractivity contribution in [3.63, 3.8) is 0 Å². The summed E-state index contributed by atoms with van der Waals surface area (Å²) < 4.78 is 38.4. The van der Waals surface area contributed by atoms with E-state index in [1.807, 2.05) is 0 Å². The summed E-state index contributed by atoms with van der Waals surface area (Å²) in [6, 6.07) is 5.67. The second kappa shape index (κ2) is 5.89. The summed E-state index contributed by atoms with van der Waals surface area (Å²) in [7, 11) is 0. The molecule has 22 heavy (non-hydrogen) atoms. The fourth-order valence-corrected chi connectivity index (χ4v) is 3.56. The molecule has 0 aliphatic carbocycles. The molecule has 2 N–H and O–H groups in total. The number of likely N-dealkylation sites (tertiary alicyclic amines) is 1. The van der Waals surface area contributed by atoms with E-state index in [1.54, 1.807) is 12.3 Å². The predicted octanol–water partition coefficient (Wildman–Crippen LogP) is 3.73. The van der Waals surface area contributed by atoms with Gasteiger partial charge in [-0.3, -0.25) is 4.90 Å². The van der Waals surface area contributed by atoms with Gasteiger partial charge in [-0.1, -0.05) is 18.2 Å². The average Bonchev–Trinajstić information content (AvgIpc) is 3.08. The SMILES string of the molecule is Nc1ncc(CN2CCC(c3cccc(C(F)(F)F)c3)C2)s1. The van der Waals surface area contributed by atoms with Gasteiger partial charge in [-0.05, 0) is 30.5 Å². The van der Waals surface area contributed by atoms with Gasteiger partial charge >= 0.3 is 6.18 Å². The molecule has 1 aliphatic heterocycles. The summed E-state index contributed by atoms with van der Waals surface area (Å²) in [5, 5.41) is 0.545. The van der Waals surface area contributed by atoms with Crippen molar-refractivity contribution < 1.29 is 13.2 Å². The number of hydrogen-bond donors (Lipinski definition) is 1. The highest BCUT2D eigenvalue weighted by atomic mass is 32.1. The summed E-state index contributed by atoms with van der Waals surface area (Å²) in [5.41, 5.74) is 5.81. The number of nitrogens with zero attached hydrogens (tertiary/aromatic N) is 2. The van der Waals surface area contributed by atoms with Gasteiger partial charge in [-0.2, -0.15) is 13.2 Å². The Morgan fingerprint density at radius 2 is 2.18 bits per heavy atom. The molecule has 1 saturated heterocycles. The summed E-state index contributed by atoms with van der Waals surface area (Å²) in [5.74, 6) is 0.146. The molecule has 2 heterocycles. The van der Waals surface area contributed by atoms with Crippen LogP contribution in [0, 0.1) is 0 Å². The zero-order valence-corrected chi connectivity index (χ0v) is 12.6. The quantitative estimate of drug-likeness (QED) is 0.934. The minimum atomic E-state index is -4.28. The molecule has 2 aromatic rings. The number of halogens is 3. The second-order valence-corrected chi connectivity index (χ2v) is 6.66. The van der Waals surface area contributed by atoms with Crippen molar-refractivity contribution in [3.8, 4) is 0 Å². The second-order valence-electron chi connectivity index (χ2n) is 5.51. The Hall–Kier alpha value is -1.60. The van der Waals surface area contributed by atoms with E-state index in [2.05, 4.69) is 9.88 Å². The molecule has 1 atom stereocenters.